The summed E-state index contributed by atoms with van der Waals surface area (Å²) in [5.41, 5.74) is 1.14. The van der Waals surface area contributed by atoms with E-state index in [1.807, 2.05) is 31.2 Å². The zero-order valence-corrected chi connectivity index (χ0v) is 11.8. The number of benzene rings is 1. The van der Waals surface area contributed by atoms with Crippen molar-refractivity contribution in [3.63, 3.8) is 0 Å². The first-order chi connectivity index (χ1) is 9.40. The number of carbonyl (C=O) groups excluding carboxylic acids is 2. The Bertz CT molecular complexity index is 669. The van der Waals surface area contributed by atoms with Gasteiger partial charge in [-0.05, 0) is 19.1 Å². The number of aromatic amines is 1. The van der Waals surface area contributed by atoms with Crippen LogP contribution in [0.25, 0.3) is 11.0 Å². The molecule has 1 aliphatic rings. The van der Waals surface area contributed by atoms with E-state index in [4.69, 9.17) is 0 Å². The lowest BCUT2D eigenvalue weighted by molar-refractivity contribution is -0.143. The summed E-state index contributed by atoms with van der Waals surface area (Å²) < 4.78 is 0. The Hall–Kier alpha value is -2.17. The second-order valence-electron chi connectivity index (χ2n) is 5.94. The minimum atomic E-state index is -0.614. The van der Waals surface area contributed by atoms with Crippen LogP contribution in [0.1, 0.15) is 39.1 Å². The maximum atomic E-state index is 12.3. The lowest BCUT2D eigenvalue weighted by Crippen LogP contribution is -2.35. The highest BCUT2D eigenvalue weighted by Gasteiger charge is 2.47. The number of rotatable bonds is 2. The van der Waals surface area contributed by atoms with E-state index >= 15 is 0 Å². The van der Waals surface area contributed by atoms with Gasteiger partial charge >= 0.3 is 0 Å². The first-order valence-corrected chi connectivity index (χ1v) is 6.71. The molecule has 1 fully saturated rings. The highest BCUT2D eigenvalue weighted by Crippen LogP contribution is 2.36. The van der Waals surface area contributed by atoms with Gasteiger partial charge in [0.1, 0.15) is 5.82 Å². The van der Waals surface area contributed by atoms with Crippen molar-refractivity contribution in [2.24, 2.45) is 5.41 Å². The maximum Gasteiger partial charge on any atom is 0.236 e. The van der Waals surface area contributed by atoms with Gasteiger partial charge in [0.2, 0.25) is 11.8 Å². The molecule has 2 amide bonds. The average molecular weight is 271 g/mol. The largest absolute Gasteiger partial charge is 0.340 e. The SMILES string of the molecule is CC(c1nc2ccccc2[nH]1)N1C(=O)CC(C)(C)C1=O. The third-order valence-corrected chi connectivity index (χ3v) is 3.85. The van der Waals surface area contributed by atoms with Crippen molar-refractivity contribution in [1.82, 2.24) is 14.9 Å². The van der Waals surface area contributed by atoms with Gasteiger partial charge in [-0.1, -0.05) is 26.0 Å². The highest BCUT2D eigenvalue weighted by molar-refractivity contribution is 6.05. The van der Waals surface area contributed by atoms with E-state index in [0.717, 1.165) is 11.0 Å². The van der Waals surface area contributed by atoms with Crippen molar-refractivity contribution >= 4 is 22.8 Å². The molecule has 1 aromatic carbocycles. The van der Waals surface area contributed by atoms with E-state index in [0.29, 0.717) is 5.82 Å². The first kappa shape index (κ1) is 12.8. The Balaban J connectivity index is 1.98. The van der Waals surface area contributed by atoms with Gasteiger partial charge in [-0.3, -0.25) is 14.5 Å². The summed E-state index contributed by atoms with van der Waals surface area (Å²) in [6.07, 6.45) is 0.260. The lowest BCUT2D eigenvalue weighted by Gasteiger charge is -2.22. The molecule has 1 aliphatic heterocycles. The number of aromatic nitrogens is 2. The van der Waals surface area contributed by atoms with Gasteiger partial charge in [-0.15, -0.1) is 0 Å². The van der Waals surface area contributed by atoms with Gasteiger partial charge in [0.15, 0.2) is 0 Å². The number of para-hydroxylation sites is 2. The molecular formula is C15H17N3O2. The van der Waals surface area contributed by atoms with E-state index < -0.39 is 5.41 Å². The van der Waals surface area contributed by atoms with Gasteiger partial charge in [-0.2, -0.15) is 0 Å². The number of hydrogen-bond acceptors (Lipinski definition) is 3. The fourth-order valence-corrected chi connectivity index (χ4v) is 2.66. The fraction of sp³-hybridized carbons (Fsp3) is 0.400. The molecule has 0 radical (unpaired) electrons. The number of nitrogens with zero attached hydrogens (tertiary/aromatic N) is 2. The monoisotopic (exact) mass is 271 g/mol. The number of fused-ring (bicyclic) bond motifs is 1. The minimum absolute atomic E-state index is 0.129. The summed E-state index contributed by atoms with van der Waals surface area (Å²) in [6, 6.07) is 7.29. The molecule has 1 unspecified atom stereocenters. The third-order valence-electron chi connectivity index (χ3n) is 3.85. The van der Waals surface area contributed by atoms with Gasteiger partial charge in [0.25, 0.3) is 0 Å². The Morgan fingerprint density at radius 3 is 2.60 bits per heavy atom. The predicted molar refractivity (Wildman–Crippen MR) is 74.8 cm³/mol. The molecule has 1 saturated heterocycles. The van der Waals surface area contributed by atoms with Crippen LogP contribution in [-0.2, 0) is 9.59 Å². The van der Waals surface area contributed by atoms with Crippen molar-refractivity contribution in [1.29, 1.82) is 0 Å². The molecular weight excluding hydrogens is 254 g/mol. The number of likely N-dealkylation sites (tertiary alicyclic amines) is 1. The van der Waals surface area contributed by atoms with Crippen molar-refractivity contribution in [2.75, 3.05) is 0 Å². The number of imide groups is 1. The average Bonchev–Trinajstić information content (AvgIpc) is 2.89. The quantitative estimate of drug-likeness (QED) is 0.853. The van der Waals surface area contributed by atoms with E-state index in [1.165, 1.54) is 4.90 Å². The normalized spacial score (nSPS) is 19.9. The summed E-state index contributed by atoms with van der Waals surface area (Å²) in [5.74, 6) is 0.383. The van der Waals surface area contributed by atoms with E-state index in [2.05, 4.69) is 9.97 Å². The number of nitrogens with one attached hydrogen (secondary N) is 1. The molecule has 2 aromatic rings. The molecule has 5 heteroatoms. The molecule has 1 aromatic heterocycles. The first-order valence-electron chi connectivity index (χ1n) is 6.71. The standard InChI is InChI=1S/C15H17N3O2/c1-9(18-12(19)8-15(2,3)14(18)20)13-16-10-6-4-5-7-11(10)17-13/h4-7,9H,8H2,1-3H3,(H,16,17). The topological polar surface area (TPSA) is 66.1 Å². The molecule has 0 bridgehead atoms. The van der Waals surface area contributed by atoms with Gasteiger partial charge in [0.05, 0.1) is 22.5 Å². The van der Waals surface area contributed by atoms with Crippen molar-refractivity contribution in [3.05, 3.63) is 30.1 Å². The molecule has 2 heterocycles. The van der Waals surface area contributed by atoms with Gasteiger partial charge in [-0.25, -0.2) is 4.98 Å². The van der Waals surface area contributed by atoms with Crippen LogP contribution in [0.4, 0.5) is 0 Å². The van der Waals surface area contributed by atoms with Crippen LogP contribution in [-0.4, -0.2) is 26.7 Å². The predicted octanol–water partition coefficient (Wildman–Crippen LogP) is 2.41. The zero-order chi connectivity index (χ0) is 14.5. The van der Waals surface area contributed by atoms with Crippen molar-refractivity contribution in [2.45, 2.75) is 33.2 Å². The van der Waals surface area contributed by atoms with E-state index in [-0.39, 0.29) is 24.3 Å². The van der Waals surface area contributed by atoms with Crippen molar-refractivity contribution in [3.8, 4) is 0 Å². The maximum absolute atomic E-state index is 12.3. The van der Waals surface area contributed by atoms with Crippen LogP contribution in [0.2, 0.25) is 0 Å². The number of imidazole rings is 1. The number of amides is 2. The molecule has 3 rings (SSSR count). The summed E-state index contributed by atoms with van der Waals surface area (Å²) in [6.45, 7) is 5.44. The second-order valence-corrected chi connectivity index (χ2v) is 5.94. The third kappa shape index (κ3) is 1.81. The highest BCUT2D eigenvalue weighted by atomic mass is 16.2. The van der Waals surface area contributed by atoms with Crippen LogP contribution in [0.15, 0.2) is 24.3 Å². The fourth-order valence-electron chi connectivity index (χ4n) is 2.66. The molecule has 0 spiro atoms. The van der Waals surface area contributed by atoms with Crippen LogP contribution < -0.4 is 0 Å². The number of carbonyl (C=O) groups is 2. The van der Waals surface area contributed by atoms with Crippen LogP contribution in [0.3, 0.4) is 0 Å². The smallest absolute Gasteiger partial charge is 0.236 e. The molecule has 104 valence electrons. The van der Waals surface area contributed by atoms with Crippen LogP contribution >= 0.6 is 0 Å². The summed E-state index contributed by atoms with van der Waals surface area (Å²) in [4.78, 5) is 33.4. The summed E-state index contributed by atoms with van der Waals surface area (Å²) in [5, 5.41) is 0. The molecule has 0 aliphatic carbocycles. The number of hydrogen-bond donors (Lipinski definition) is 1. The van der Waals surface area contributed by atoms with Crippen LogP contribution in [0.5, 0.6) is 0 Å². The van der Waals surface area contributed by atoms with Gasteiger partial charge < -0.3 is 4.98 Å². The molecule has 1 atom stereocenters. The van der Waals surface area contributed by atoms with Gasteiger partial charge in [0, 0.05) is 6.42 Å². The van der Waals surface area contributed by atoms with Crippen LogP contribution in [0, 0.1) is 5.41 Å². The Morgan fingerprint density at radius 1 is 1.30 bits per heavy atom. The van der Waals surface area contributed by atoms with Crippen molar-refractivity contribution < 1.29 is 9.59 Å². The van der Waals surface area contributed by atoms with E-state index in [9.17, 15) is 9.59 Å². The summed E-state index contributed by atoms with van der Waals surface area (Å²) >= 11 is 0. The van der Waals surface area contributed by atoms with E-state index in [1.54, 1.807) is 13.8 Å². The lowest BCUT2D eigenvalue weighted by atomic mass is 9.92. The summed E-state index contributed by atoms with van der Waals surface area (Å²) in [7, 11) is 0. The number of H-pyrrole nitrogens is 1. The minimum Gasteiger partial charge on any atom is -0.340 e. The zero-order valence-electron chi connectivity index (χ0n) is 11.8. The molecule has 20 heavy (non-hydrogen) atoms. The Kier molecular flexibility index (Phi) is 2.67. The Labute approximate surface area is 117 Å². The molecule has 1 N–H and O–H groups in total. The Morgan fingerprint density at radius 2 is 2.00 bits per heavy atom. The second kappa shape index (κ2) is 4.16. The molecule has 0 saturated carbocycles. The molecule has 5 nitrogen and oxygen atoms in total.